The number of pyridine rings is 1. The molecule has 110 valence electrons. The number of nitrogens with zero attached hydrogens (tertiary/aromatic N) is 1. The lowest BCUT2D eigenvalue weighted by molar-refractivity contribution is 0.0995. The molecule has 2 rings (SSSR count). The molecular formula is C15H23N3O2. The molecule has 1 aromatic heterocycles. The number of hydrogen-bond acceptors (Lipinski definition) is 4. The van der Waals surface area contributed by atoms with Crippen molar-refractivity contribution in [3.05, 3.63) is 22.9 Å². The van der Waals surface area contributed by atoms with E-state index in [1.807, 2.05) is 6.07 Å². The molecule has 0 bridgehead atoms. The standard InChI is InChI=1S/C15H23N3O2/c1-10(2)17-7-4-8-20-15-12(14(16)19)9-11-5-3-6-13(11)18-15/h9-10,17H,3-8H2,1-2H3,(H2,16,19). The van der Waals surface area contributed by atoms with Gasteiger partial charge in [0.1, 0.15) is 5.56 Å². The summed E-state index contributed by atoms with van der Waals surface area (Å²) in [6.07, 6.45) is 3.89. The lowest BCUT2D eigenvalue weighted by Crippen LogP contribution is -2.25. The second-order valence-electron chi connectivity index (χ2n) is 5.48. The van der Waals surface area contributed by atoms with E-state index in [4.69, 9.17) is 10.5 Å². The van der Waals surface area contributed by atoms with Crippen LogP contribution in [-0.4, -0.2) is 30.1 Å². The summed E-state index contributed by atoms with van der Waals surface area (Å²) in [4.78, 5) is 16.0. The van der Waals surface area contributed by atoms with Crippen LogP contribution in [0.15, 0.2) is 6.07 Å². The molecule has 1 aliphatic carbocycles. The molecule has 1 aliphatic rings. The van der Waals surface area contributed by atoms with Crippen LogP contribution in [0, 0.1) is 0 Å². The molecular weight excluding hydrogens is 254 g/mol. The van der Waals surface area contributed by atoms with E-state index in [0.29, 0.717) is 24.1 Å². The third-order valence-corrected chi connectivity index (χ3v) is 3.39. The van der Waals surface area contributed by atoms with Gasteiger partial charge in [0.25, 0.3) is 5.91 Å². The van der Waals surface area contributed by atoms with Crippen molar-refractivity contribution < 1.29 is 9.53 Å². The molecule has 5 heteroatoms. The minimum atomic E-state index is -0.470. The maximum Gasteiger partial charge on any atom is 0.254 e. The lowest BCUT2D eigenvalue weighted by atomic mass is 10.1. The van der Waals surface area contributed by atoms with Gasteiger partial charge in [0, 0.05) is 11.7 Å². The molecule has 0 fully saturated rings. The van der Waals surface area contributed by atoms with Crippen molar-refractivity contribution >= 4 is 5.91 Å². The molecule has 0 aromatic carbocycles. The van der Waals surface area contributed by atoms with E-state index in [0.717, 1.165) is 43.5 Å². The summed E-state index contributed by atoms with van der Waals surface area (Å²) in [6, 6.07) is 2.31. The van der Waals surface area contributed by atoms with E-state index in [1.54, 1.807) is 0 Å². The van der Waals surface area contributed by atoms with Gasteiger partial charge in [0.15, 0.2) is 0 Å². The van der Waals surface area contributed by atoms with Crippen LogP contribution >= 0.6 is 0 Å². The van der Waals surface area contributed by atoms with E-state index in [9.17, 15) is 4.79 Å². The number of carbonyl (C=O) groups is 1. The molecule has 0 atom stereocenters. The second kappa shape index (κ2) is 6.70. The molecule has 1 aromatic rings. The molecule has 1 amide bonds. The van der Waals surface area contributed by atoms with Gasteiger partial charge in [-0.25, -0.2) is 4.98 Å². The fourth-order valence-electron chi connectivity index (χ4n) is 2.37. The number of nitrogens with one attached hydrogen (secondary N) is 1. The maximum absolute atomic E-state index is 11.5. The average Bonchev–Trinajstić information content (AvgIpc) is 2.83. The smallest absolute Gasteiger partial charge is 0.254 e. The first kappa shape index (κ1) is 14.8. The molecule has 0 unspecified atom stereocenters. The van der Waals surface area contributed by atoms with Gasteiger partial charge < -0.3 is 15.8 Å². The molecule has 3 N–H and O–H groups in total. The molecule has 0 aliphatic heterocycles. The van der Waals surface area contributed by atoms with Crippen molar-refractivity contribution in [2.75, 3.05) is 13.2 Å². The minimum absolute atomic E-state index is 0.391. The van der Waals surface area contributed by atoms with Crippen LogP contribution in [0.3, 0.4) is 0 Å². The highest BCUT2D eigenvalue weighted by Crippen LogP contribution is 2.26. The van der Waals surface area contributed by atoms with Crippen LogP contribution in [0.4, 0.5) is 0 Å². The normalized spacial score (nSPS) is 13.6. The lowest BCUT2D eigenvalue weighted by Gasteiger charge is -2.12. The highest BCUT2D eigenvalue weighted by molar-refractivity contribution is 5.95. The van der Waals surface area contributed by atoms with Crippen LogP contribution in [0.5, 0.6) is 5.88 Å². The molecule has 0 saturated heterocycles. The van der Waals surface area contributed by atoms with Gasteiger partial charge in [-0.2, -0.15) is 0 Å². The largest absolute Gasteiger partial charge is 0.477 e. The van der Waals surface area contributed by atoms with Crippen molar-refractivity contribution in [3.8, 4) is 5.88 Å². The highest BCUT2D eigenvalue weighted by atomic mass is 16.5. The Kier molecular flexibility index (Phi) is 4.95. The molecule has 0 saturated carbocycles. The first-order valence-corrected chi connectivity index (χ1v) is 7.26. The highest BCUT2D eigenvalue weighted by Gasteiger charge is 2.19. The van der Waals surface area contributed by atoms with Crippen molar-refractivity contribution in [2.24, 2.45) is 5.73 Å². The van der Waals surface area contributed by atoms with E-state index in [-0.39, 0.29) is 0 Å². The van der Waals surface area contributed by atoms with Crippen molar-refractivity contribution in [1.82, 2.24) is 10.3 Å². The summed E-state index contributed by atoms with van der Waals surface area (Å²) in [5, 5.41) is 3.32. The average molecular weight is 277 g/mol. The zero-order chi connectivity index (χ0) is 14.5. The Labute approximate surface area is 119 Å². The van der Waals surface area contributed by atoms with E-state index in [1.165, 1.54) is 0 Å². The number of fused-ring (bicyclic) bond motifs is 1. The molecule has 0 radical (unpaired) electrons. The first-order valence-electron chi connectivity index (χ1n) is 7.26. The van der Waals surface area contributed by atoms with Gasteiger partial charge in [0.05, 0.1) is 6.61 Å². The zero-order valence-electron chi connectivity index (χ0n) is 12.2. The maximum atomic E-state index is 11.5. The Balaban J connectivity index is 1.98. The fourth-order valence-corrected chi connectivity index (χ4v) is 2.37. The van der Waals surface area contributed by atoms with Gasteiger partial charge in [-0.3, -0.25) is 4.79 Å². The quantitative estimate of drug-likeness (QED) is 0.739. The number of ether oxygens (including phenoxy) is 1. The number of nitrogens with two attached hydrogens (primary N) is 1. The van der Waals surface area contributed by atoms with Gasteiger partial charge in [-0.05, 0) is 43.9 Å². The van der Waals surface area contributed by atoms with Crippen LogP contribution in [0.2, 0.25) is 0 Å². The van der Waals surface area contributed by atoms with E-state index < -0.39 is 5.91 Å². The Hall–Kier alpha value is -1.62. The third kappa shape index (κ3) is 3.70. The minimum Gasteiger partial charge on any atom is -0.477 e. The number of rotatable bonds is 7. The van der Waals surface area contributed by atoms with Gasteiger partial charge in [0.2, 0.25) is 5.88 Å². The Morgan fingerprint density at radius 1 is 1.50 bits per heavy atom. The van der Waals surface area contributed by atoms with Crippen molar-refractivity contribution in [3.63, 3.8) is 0 Å². The van der Waals surface area contributed by atoms with Crippen LogP contribution in [-0.2, 0) is 12.8 Å². The van der Waals surface area contributed by atoms with Crippen molar-refractivity contribution in [1.29, 1.82) is 0 Å². The predicted octanol–water partition coefficient (Wildman–Crippen LogP) is 1.44. The monoisotopic (exact) mass is 277 g/mol. The van der Waals surface area contributed by atoms with Crippen molar-refractivity contribution in [2.45, 2.75) is 45.6 Å². The summed E-state index contributed by atoms with van der Waals surface area (Å²) >= 11 is 0. The number of carbonyl (C=O) groups excluding carboxylic acids is 1. The number of aryl methyl sites for hydroxylation is 2. The Morgan fingerprint density at radius 2 is 2.30 bits per heavy atom. The number of amides is 1. The summed E-state index contributed by atoms with van der Waals surface area (Å²) < 4.78 is 5.65. The summed E-state index contributed by atoms with van der Waals surface area (Å²) in [5.74, 6) is -0.0785. The zero-order valence-corrected chi connectivity index (χ0v) is 12.2. The van der Waals surface area contributed by atoms with Crippen LogP contribution < -0.4 is 15.8 Å². The van der Waals surface area contributed by atoms with Gasteiger partial charge in [-0.1, -0.05) is 13.8 Å². The number of hydrogen-bond donors (Lipinski definition) is 2. The Morgan fingerprint density at radius 3 is 3.00 bits per heavy atom. The van der Waals surface area contributed by atoms with Gasteiger partial charge >= 0.3 is 0 Å². The number of aromatic nitrogens is 1. The molecule has 1 heterocycles. The molecule has 0 spiro atoms. The third-order valence-electron chi connectivity index (χ3n) is 3.39. The number of primary amides is 1. The van der Waals surface area contributed by atoms with E-state index >= 15 is 0 Å². The summed E-state index contributed by atoms with van der Waals surface area (Å²) in [6.45, 7) is 5.63. The van der Waals surface area contributed by atoms with Crippen LogP contribution in [0.25, 0.3) is 0 Å². The molecule has 5 nitrogen and oxygen atoms in total. The van der Waals surface area contributed by atoms with Crippen LogP contribution in [0.1, 0.15) is 48.3 Å². The SMILES string of the molecule is CC(C)NCCCOc1nc2c(cc1C(N)=O)CCC2. The fraction of sp³-hybridized carbons (Fsp3) is 0.600. The van der Waals surface area contributed by atoms with E-state index in [2.05, 4.69) is 24.1 Å². The topological polar surface area (TPSA) is 77.2 Å². The molecule has 20 heavy (non-hydrogen) atoms. The van der Waals surface area contributed by atoms with Gasteiger partial charge in [-0.15, -0.1) is 0 Å². The second-order valence-corrected chi connectivity index (χ2v) is 5.48. The predicted molar refractivity (Wildman–Crippen MR) is 78.0 cm³/mol. The summed E-state index contributed by atoms with van der Waals surface area (Å²) in [7, 11) is 0. The Bertz CT molecular complexity index is 486. The summed E-state index contributed by atoms with van der Waals surface area (Å²) in [5.41, 5.74) is 7.99. The first-order chi connectivity index (χ1) is 9.58.